The van der Waals surface area contributed by atoms with E-state index in [1.54, 1.807) is 18.2 Å². The molecule has 0 bridgehead atoms. The summed E-state index contributed by atoms with van der Waals surface area (Å²) in [6, 6.07) is 5.20. The monoisotopic (exact) mass is 312 g/mol. The minimum absolute atomic E-state index is 0.559. The zero-order valence-corrected chi connectivity index (χ0v) is 13.4. The van der Waals surface area contributed by atoms with Crippen molar-refractivity contribution >= 4 is 23.2 Å². The molecule has 1 aromatic heterocycles. The van der Waals surface area contributed by atoms with Crippen molar-refractivity contribution in [1.82, 2.24) is 9.78 Å². The fourth-order valence-corrected chi connectivity index (χ4v) is 2.70. The average molecular weight is 313 g/mol. The molecule has 0 spiro atoms. The number of aromatic nitrogens is 2. The minimum Gasteiger partial charge on any atom is -0.439 e. The minimum atomic E-state index is 0.559. The maximum atomic E-state index is 6.01. The van der Waals surface area contributed by atoms with E-state index in [0.717, 1.165) is 36.5 Å². The molecule has 2 aromatic rings. The van der Waals surface area contributed by atoms with Crippen LogP contribution in [0.15, 0.2) is 18.2 Å². The number of nitrogens with zero attached hydrogens (tertiary/aromatic N) is 2. The molecule has 5 heteroatoms. The molecule has 0 N–H and O–H groups in total. The van der Waals surface area contributed by atoms with Gasteiger partial charge in [0.25, 0.3) is 0 Å². The molecular formula is C15H18Cl2N2O. The number of hydrogen-bond donors (Lipinski definition) is 0. The van der Waals surface area contributed by atoms with Gasteiger partial charge in [0.15, 0.2) is 0 Å². The second kappa shape index (κ2) is 6.51. The van der Waals surface area contributed by atoms with Crippen LogP contribution in [0.1, 0.15) is 32.0 Å². The zero-order valence-electron chi connectivity index (χ0n) is 11.9. The highest BCUT2D eigenvalue weighted by atomic mass is 35.5. The third-order valence-corrected chi connectivity index (χ3v) is 3.56. The first-order chi connectivity index (χ1) is 9.58. The maximum Gasteiger partial charge on any atom is 0.221 e. The van der Waals surface area contributed by atoms with E-state index in [0.29, 0.717) is 15.8 Å². The molecule has 0 unspecified atom stereocenters. The molecule has 2 rings (SSSR count). The van der Waals surface area contributed by atoms with Gasteiger partial charge in [-0.2, -0.15) is 5.10 Å². The molecule has 0 aliphatic rings. The molecular weight excluding hydrogens is 295 g/mol. The lowest BCUT2D eigenvalue weighted by Crippen LogP contribution is -2.00. The topological polar surface area (TPSA) is 27.1 Å². The van der Waals surface area contributed by atoms with Crippen LogP contribution in [0.25, 0.3) is 0 Å². The third kappa shape index (κ3) is 3.10. The lowest BCUT2D eigenvalue weighted by molar-refractivity contribution is 0.412. The van der Waals surface area contributed by atoms with Crippen molar-refractivity contribution in [2.75, 3.05) is 0 Å². The highest BCUT2D eigenvalue weighted by molar-refractivity contribution is 6.34. The number of aryl methyl sites for hydroxylation is 2. The van der Waals surface area contributed by atoms with E-state index < -0.39 is 0 Å². The van der Waals surface area contributed by atoms with Gasteiger partial charge in [-0.1, -0.05) is 37.0 Å². The molecule has 0 aliphatic heterocycles. The molecule has 0 saturated heterocycles. The van der Waals surface area contributed by atoms with Crippen LogP contribution in [0.3, 0.4) is 0 Å². The highest BCUT2D eigenvalue weighted by Crippen LogP contribution is 2.32. The van der Waals surface area contributed by atoms with Crippen LogP contribution in [0, 0.1) is 0 Å². The summed E-state index contributed by atoms with van der Waals surface area (Å²) in [5, 5.41) is 5.70. The molecule has 1 aromatic carbocycles. The predicted octanol–water partition coefficient (Wildman–Crippen LogP) is 5.13. The second-order valence-corrected chi connectivity index (χ2v) is 5.33. The summed E-state index contributed by atoms with van der Waals surface area (Å²) in [6.45, 7) is 7.01. The van der Waals surface area contributed by atoms with E-state index in [-0.39, 0.29) is 0 Å². The summed E-state index contributed by atoms with van der Waals surface area (Å²) in [6.07, 6.45) is 1.77. The van der Waals surface area contributed by atoms with Crippen LogP contribution < -0.4 is 4.74 Å². The first-order valence-corrected chi connectivity index (χ1v) is 7.57. The van der Waals surface area contributed by atoms with Gasteiger partial charge in [0, 0.05) is 22.2 Å². The first-order valence-electron chi connectivity index (χ1n) is 6.81. The van der Waals surface area contributed by atoms with Gasteiger partial charge in [0.1, 0.15) is 5.75 Å². The van der Waals surface area contributed by atoms with Crippen LogP contribution in [0.2, 0.25) is 10.0 Å². The van der Waals surface area contributed by atoms with Crippen LogP contribution in [-0.2, 0) is 19.4 Å². The average Bonchev–Trinajstić information content (AvgIpc) is 2.74. The number of halogens is 2. The van der Waals surface area contributed by atoms with Crippen molar-refractivity contribution in [3.8, 4) is 11.6 Å². The summed E-state index contributed by atoms with van der Waals surface area (Å²) in [4.78, 5) is 0. The maximum absolute atomic E-state index is 6.01. The molecule has 1 heterocycles. The Morgan fingerprint density at radius 3 is 2.20 bits per heavy atom. The third-order valence-electron chi connectivity index (χ3n) is 3.12. The molecule has 20 heavy (non-hydrogen) atoms. The normalized spacial score (nSPS) is 10.8. The molecule has 0 aliphatic carbocycles. The summed E-state index contributed by atoms with van der Waals surface area (Å²) in [7, 11) is 0. The molecule has 108 valence electrons. The number of benzene rings is 1. The largest absolute Gasteiger partial charge is 0.439 e. The molecule has 0 amide bonds. The van der Waals surface area contributed by atoms with Crippen LogP contribution in [-0.4, -0.2) is 9.78 Å². The zero-order chi connectivity index (χ0) is 14.7. The lowest BCUT2D eigenvalue weighted by atomic mass is 10.1. The van der Waals surface area contributed by atoms with Crippen molar-refractivity contribution in [3.05, 3.63) is 39.5 Å². The Morgan fingerprint density at radius 2 is 1.70 bits per heavy atom. The summed E-state index contributed by atoms with van der Waals surface area (Å²) >= 11 is 12.0. The van der Waals surface area contributed by atoms with E-state index in [9.17, 15) is 0 Å². The Labute approximate surface area is 129 Å². The van der Waals surface area contributed by atoms with Crippen LogP contribution in [0.5, 0.6) is 11.6 Å². The molecule has 0 saturated carbocycles. The summed E-state index contributed by atoms with van der Waals surface area (Å²) < 4.78 is 7.88. The Kier molecular flexibility index (Phi) is 4.95. The Morgan fingerprint density at radius 1 is 1.05 bits per heavy atom. The van der Waals surface area contributed by atoms with E-state index in [1.807, 2.05) is 11.6 Å². The van der Waals surface area contributed by atoms with Crippen molar-refractivity contribution in [1.29, 1.82) is 0 Å². The fraction of sp³-hybridized carbons (Fsp3) is 0.400. The van der Waals surface area contributed by atoms with Gasteiger partial charge in [0.2, 0.25) is 5.88 Å². The first kappa shape index (κ1) is 15.2. The molecule has 0 atom stereocenters. The predicted molar refractivity (Wildman–Crippen MR) is 83.2 cm³/mol. The summed E-state index contributed by atoms with van der Waals surface area (Å²) in [5.41, 5.74) is 2.22. The number of rotatable bonds is 5. The number of hydrogen-bond acceptors (Lipinski definition) is 2. The van der Waals surface area contributed by atoms with E-state index in [1.165, 1.54) is 0 Å². The molecule has 0 radical (unpaired) electrons. The molecule has 3 nitrogen and oxygen atoms in total. The molecule has 0 fully saturated rings. The van der Waals surface area contributed by atoms with E-state index >= 15 is 0 Å². The van der Waals surface area contributed by atoms with Gasteiger partial charge in [-0.15, -0.1) is 0 Å². The Balaban J connectivity index is 2.43. The SMILES string of the molecule is CCc1nn(CC)c(Oc2cc(Cl)cc(Cl)c2)c1CC. The standard InChI is InChI=1S/C15H18Cl2N2O/c1-4-13-14(5-2)18-19(6-3)15(13)20-12-8-10(16)7-11(17)9-12/h7-9H,4-6H2,1-3H3. The van der Waals surface area contributed by atoms with Crippen molar-refractivity contribution in [3.63, 3.8) is 0 Å². The lowest BCUT2D eigenvalue weighted by Gasteiger charge is -2.10. The summed E-state index contributed by atoms with van der Waals surface area (Å²) in [5.74, 6) is 1.42. The van der Waals surface area contributed by atoms with E-state index in [2.05, 4.69) is 18.9 Å². The Bertz CT molecular complexity index is 588. The fourth-order valence-electron chi connectivity index (χ4n) is 2.20. The second-order valence-electron chi connectivity index (χ2n) is 4.46. The van der Waals surface area contributed by atoms with Gasteiger partial charge in [0.05, 0.1) is 5.69 Å². The van der Waals surface area contributed by atoms with Gasteiger partial charge < -0.3 is 4.74 Å². The van der Waals surface area contributed by atoms with Gasteiger partial charge >= 0.3 is 0 Å². The van der Waals surface area contributed by atoms with Crippen LogP contribution in [0.4, 0.5) is 0 Å². The van der Waals surface area contributed by atoms with Crippen LogP contribution >= 0.6 is 23.2 Å². The quantitative estimate of drug-likeness (QED) is 0.765. The highest BCUT2D eigenvalue weighted by Gasteiger charge is 2.17. The van der Waals surface area contributed by atoms with Gasteiger partial charge in [-0.25, -0.2) is 4.68 Å². The smallest absolute Gasteiger partial charge is 0.221 e. The van der Waals surface area contributed by atoms with Gasteiger partial charge in [-0.3, -0.25) is 0 Å². The van der Waals surface area contributed by atoms with Gasteiger partial charge in [-0.05, 0) is 38.0 Å². The van der Waals surface area contributed by atoms with Crippen molar-refractivity contribution in [2.45, 2.75) is 40.2 Å². The van der Waals surface area contributed by atoms with Crippen molar-refractivity contribution in [2.24, 2.45) is 0 Å². The van der Waals surface area contributed by atoms with Crippen molar-refractivity contribution < 1.29 is 4.74 Å². The van der Waals surface area contributed by atoms with E-state index in [4.69, 9.17) is 27.9 Å². The number of ether oxygens (including phenoxy) is 1. The Hall–Kier alpha value is -1.19.